The smallest absolute Gasteiger partial charge is 0.278 e. The van der Waals surface area contributed by atoms with Crippen LogP contribution in [0.1, 0.15) is 91.1 Å². The number of rotatable bonds is 19. The monoisotopic (exact) mass is 882 g/mol. The van der Waals surface area contributed by atoms with E-state index >= 15 is 0 Å². The molecule has 4 N–H and O–H groups in total. The van der Waals surface area contributed by atoms with Crippen LogP contribution in [-0.4, -0.2) is 101 Å². The molecule has 16 heteroatoms. The van der Waals surface area contributed by atoms with Gasteiger partial charge in [0.2, 0.25) is 18.3 Å². The lowest BCUT2D eigenvalue weighted by molar-refractivity contribution is -0.126. The SMILES string of the molecule is C=CCn1c(=O)c2cnc(Nc3ccc4c(c3)CCN(CCCN(CCO)CC3Cc5ccc6c(C(CCC)C(=O)NC=O)noc6c5C3)C4)nc2n1-c1ccc2c(n1)C(O)(CC)CC2. The Hall–Kier alpha value is -6.07. The number of carbonyl (C=O) groups is 2. The van der Waals surface area contributed by atoms with E-state index in [9.17, 15) is 24.6 Å². The first-order chi connectivity index (χ1) is 31.6. The summed E-state index contributed by atoms with van der Waals surface area (Å²) >= 11 is 0. The van der Waals surface area contributed by atoms with Crippen molar-refractivity contribution in [3.05, 3.63) is 111 Å². The molecule has 6 aromatic rings. The summed E-state index contributed by atoms with van der Waals surface area (Å²) in [5.74, 6) is 0.313. The van der Waals surface area contributed by atoms with Crippen LogP contribution in [0, 0.1) is 5.92 Å². The second-order valence-corrected chi connectivity index (χ2v) is 17.9. The van der Waals surface area contributed by atoms with Gasteiger partial charge in [0, 0.05) is 49.0 Å². The van der Waals surface area contributed by atoms with Crippen molar-refractivity contribution in [1.82, 2.24) is 44.6 Å². The molecule has 3 aliphatic rings. The minimum Gasteiger partial charge on any atom is -0.395 e. The van der Waals surface area contributed by atoms with Crippen molar-refractivity contribution < 1.29 is 24.3 Å². The van der Waals surface area contributed by atoms with Gasteiger partial charge in [0.15, 0.2) is 17.0 Å². The number of nitrogens with zero attached hydrogens (tertiary/aromatic N) is 8. The van der Waals surface area contributed by atoms with E-state index in [0.717, 1.165) is 99.0 Å². The minimum absolute atomic E-state index is 0.0984. The molecule has 3 atom stereocenters. The summed E-state index contributed by atoms with van der Waals surface area (Å²) in [7, 11) is 0. The molecule has 0 saturated heterocycles. The number of imide groups is 1. The number of carbonyl (C=O) groups excluding carboxylic acids is 2. The Morgan fingerprint density at radius 1 is 1.06 bits per heavy atom. The first-order valence-corrected chi connectivity index (χ1v) is 23.1. The lowest BCUT2D eigenvalue weighted by Gasteiger charge is -2.30. The van der Waals surface area contributed by atoms with Crippen molar-refractivity contribution in [2.45, 2.75) is 96.2 Å². The van der Waals surface area contributed by atoms with Gasteiger partial charge in [-0.3, -0.25) is 24.6 Å². The van der Waals surface area contributed by atoms with Crippen molar-refractivity contribution in [1.29, 1.82) is 0 Å². The van der Waals surface area contributed by atoms with Crippen LogP contribution < -0.4 is 16.2 Å². The normalized spacial score (nSPS) is 18.5. The second kappa shape index (κ2) is 18.8. The standard InChI is InChI=1S/C49H58N10O6/c1-4-8-38(46(62)51-30-61)42-37-13-10-34-24-31(25-39(34)43(37)65-55-42)28-57(22-23-60)20-7-19-56-21-16-33-26-36(12-9-35(33)29-56)52-48-50-27-40-45(54-48)59(58(18-5-2)47(40)63)41-14-11-32-15-17-49(64,6-3)44(32)53-41/h5,9-14,26-27,30-31,38,60,64H,2,4,6-8,15-25,28-29H2,1,3H3,(H,50,52,54)(H,51,61,62). The van der Waals surface area contributed by atoms with Gasteiger partial charge in [-0.2, -0.15) is 4.98 Å². The molecular formula is C49H58N10O6. The van der Waals surface area contributed by atoms with E-state index in [0.29, 0.717) is 72.3 Å². The summed E-state index contributed by atoms with van der Waals surface area (Å²) in [6.07, 6.45) is 10.5. The molecule has 2 aliphatic carbocycles. The van der Waals surface area contributed by atoms with Gasteiger partial charge in [0.25, 0.3) is 5.56 Å². The fraction of sp³-hybridized carbons (Fsp3) is 0.449. The van der Waals surface area contributed by atoms with Crippen LogP contribution in [0.5, 0.6) is 0 Å². The van der Waals surface area contributed by atoms with Crippen LogP contribution in [0.3, 0.4) is 0 Å². The Bertz CT molecular complexity index is 2810. The largest absolute Gasteiger partial charge is 0.395 e. The predicted octanol–water partition coefficient (Wildman–Crippen LogP) is 5.21. The third kappa shape index (κ3) is 8.63. The van der Waals surface area contributed by atoms with Crippen LogP contribution in [0.2, 0.25) is 0 Å². The molecule has 0 radical (unpaired) electrons. The van der Waals surface area contributed by atoms with Gasteiger partial charge < -0.3 is 25.0 Å². The van der Waals surface area contributed by atoms with Gasteiger partial charge in [0.05, 0.1) is 24.8 Å². The van der Waals surface area contributed by atoms with E-state index in [2.05, 4.69) is 55.4 Å². The molecule has 3 unspecified atom stereocenters. The van der Waals surface area contributed by atoms with Crippen LogP contribution >= 0.6 is 0 Å². The molecule has 4 aromatic heterocycles. The van der Waals surface area contributed by atoms with E-state index in [1.807, 2.05) is 38.1 Å². The summed E-state index contributed by atoms with van der Waals surface area (Å²) in [5.41, 5.74) is 7.95. The molecule has 0 fully saturated rings. The fourth-order valence-electron chi connectivity index (χ4n) is 10.4. The number of fused-ring (bicyclic) bond motifs is 6. The molecular weight excluding hydrogens is 825 g/mol. The highest BCUT2D eigenvalue weighted by Crippen LogP contribution is 2.39. The quantitative estimate of drug-likeness (QED) is 0.0613. The Morgan fingerprint density at radius 3 is 2.71 bits per heavy atom. The summed E-state index contributed by atoms with van der Waals surface area (Å²) in [5, 5.41) is 32.5. The highest BCUT2D eigenvalue weighted by Gasteiger charge is 2.37. The molecule has 5 heterocycles. The lowest BCUT2D eigenvalue weighted by atomic mass is 9.95. The molecule has 2 amide bonds. The van der Waals surface area contributed by atoms with Gasteiger partial charge in [-0.1, -0.05) is 49.7 Å². The zero-order valence-electron chi connectivity index (χ0n) is 37.3. The number of hydrogen-bond acceptors (Lipinski definition) is 13. The van der Waals surface area contributed by atoms with Crippen LogP contribution in [0.15, 0.2) is 70.6 Å². The predicted molar refractivity (Wildman–Crippen MR) is 247 cm³/mol. The molecule has 2 aromatic carbocycles. The van der Waals surface area contributed by atoms with Crippen molar-refractivity contribution in [3.63, 3.8) is 0 Å². The number of amides is 2. The second-order valence-electron chi connectivity index (χ2n) is 17.9. The molecule has 16 nitrogen and oxygen atoms in total. The minimum atomic E-state index is -1.00. The number of pyridine rings is 1. The molecule has 0 saturated carbocycles. The number of hydrogen-bond donors (Lipinski definition) is 4. The summed E-state index contributed by atoms with van der Waals surface area (Å²) in [6, 6.07) is 14.4. The average molecular weight is 883 g/mol. The first-order valence-electron chi connectivity index (χ1n) is 23.1. The van der Waals surface area contributed by atoms with Crippen molar-refractivity contribution in [2.24, 2.45) is 5.92 Å². The van der Waals surface area contributed by atoms with E-state index in [1.165, 1.54) is 16.7 Å². The number of allylic oxidation sites excluding steroid dienone is 1. The highest BCUT2D eigenvalue weighted by molar-refractivity contribution is 5.95. The molecule has 340 valence electrons. The zero-order chi connectivity index (χ0) is 45.2. The van der Waals surface area contributed by atoms with E-state index in [1.54, 1.807) is 21.6 Å². The summed E-state index contributed by atoms with van der Waals surface area (Å²) < 4.78 is 9.15. The maximum absolute atomic E-state index is 13.6. The Balaban J connectivity index is 0.824. The molecule has 9 rings (SSSR count). The maximum atomic E-state index is 13.6. The lowest BCUT2D eigenvalue weighted by Crippen LogP contribution is -2.36. The third-order valence-electron chi connectivity index (χ3n) is 13.7. The number of anilines is 2. The first kappa shape index (κ1) is 44.1. The van der Waals surface area contributed by atoms with Crippen molar-refractivity contribution in [2.75, 3.05) is 44.6 Å². The molecule has 0 bridgehead atoms. The number of aryl methyl sites for hydroxylation is 1. The van der Waals surface area contributed by atoms with Gasteiger partial charge in [0.1, 0.15) is 16.7 Å². The van der Waals surface area contributed by atoms with Crippen LogP contribution in [0.4, 0.5) is 11.6 Å². The van der Waals surface area contributed by atoms with E-state index in [4.69, 9.17) is 14.5 Å². The maximum Gasteiger partial charge on any atom is 0.278 e. The number of aliphatic hydroxyl groups excluding tert-OH is 1. The number of nitrogens with one attached hydrogen (secondary N) is 2. The topological polar surface area (TPSA) is 197 Å². The van der Waals surface area contributed by atoms with Gasteiger partial charge in [-0.05, 0) is 117 Å². The highest BCUT2D eigenvalue weighted by atomic mass is 16.5. The van der Waals surface area contributed by atoms with Gasteiger partial charge in [-0.25, -0.2) is 19.3 Å². The molecule has 65 heavy (non-hydrogen) atoms. The van der Waals surface area contributed by atoms with E-state index < -0.39 is 11.5 Å². The van der Waals surface area contributed by atoms with Crippen molar-refractivity contribution >= 4 is 46.0 Å². The number of aliphatic hydroxyl groups is 2. The van der Waals surface area contributed by atoms with Gasteiger partial charge >= 0.3 is 0 Å². The number of aromatic nitrogens is 6. The van der Waals surface area contributed by atoms with Crippen LogP contribution in [0.25, 0.3) is 27.8 Å². The summed E-state index contributed by atoms with van der Waals surface area (Å²) in [6.45, 7) is 13.3. The van der Waals surface area contributed by atoms with Crippen LogP contribution in [-0.2, 0) is 54.0 Å². The molecule has 0 spiro atoms. The Morgan fingerprint density at radius 2 is 1.91 bits per heavy atom. The fourth-order valence-corrected chi connectivity index (χ4v) is 10.4. The third-order valence-corrected chi connectivity index (χ3v) is 13.7. The average Bonchev–Trinajstić information content (AvgIpc) is 4.08. The Labute approximate surface area is 377 Å². The van der Waals surface area contributed by atoms with E-state index in [-0.39, 0.29) is 24.6 Å². The van der Waals surface area contributed by atoms with Crippen molar-refractivity contribution in [3.8, 4) is 5.82 Å². The summed E-state index contributed by atoms with van der Waals surface area (Å²) in [4.78, 5) is 56.5. The Kier molecular flexibility index (Phi) is 12.8. The van der Waals surface area contributed by atoms with Gasteiger partial charge in [-0.15, -0.1) is 6.58 Å². The molecule has 1 aliphatic heterocycles. The number of benzene rings is 2. The zero-order valence-corrected chi connectivity index (χ0v) is 37.3.